The number of halogens is 3. The number of amides is 1. The Bertz CT molecular complexity index is 929. The maximum atomic E-state index is 12.6. The second-order valence-electron chi connectivity index (χ2n) is 5.62. The molecule has 10 heteroatoms. The van der Waals surface area contributed by atoms with E-state index in [4.69, 9.17) is 0 Å². The number of para-hydroxylation sites is 2. The molecule has 0 bridgehead atoms. The molecule has 3 aromatic rings. The highest BCUT2D eigenvalue weighted by molar-refractivity contribution is 8.01. The topological polar surface area (TPSA) is 71.5 Å². The van der Waals surface area contributed by atoms with Gasteiger partial charge in [-0.05, 0) is 18.2 Å². The number of thiazole rings is 1. The lowest BCUT2D eigenvalue weighted by atomic mass is 10.1. The molecule has 3 rings (SSSR count). The van der Waals surface area contributed by atoms with Gasteiger partial charge in [-0.1, -0.05) is 42.1 Å². The van der Waals surface area contributed by atoms with Crippen LogP contribution in [0.25, 0.3) is 10.2 Å². The van der Waals surface area contributed by atoms with Gasteiger partial charge in [0.15, 0.2) is 4.34 Å². The van der Waals surface area contributed by atoms with Gasteiger partial charge in [0.05, 0.1) is 28.6 Å². The van der Waals surface area contributed by atoms with E-state index in [-0.39, 0.29) is 11.3 Å². The Morgan fingerprint density at radius 3 is 2.64 bits per heavy atom. The third-order valence-electron chi connectivity index (χ3n) is 3.64. The molecule has 0 radical (unpaired) electrons. The number of ether oxygens (including phenoxy) is 1. The van der Waals surface area contributed by atoms with Crippen molar-refractivity contribution < 1.29 is 27.8 Å². The number of carbonyl (C=O) groups excluding carboxylic acids is 1. The van der Waals surface area contributed by atoms with Crippen LogP contribution in [0, 0.1) is 0 Å². The van der Waals surface area contributed by atoms with Gasteiger partial charge in [-0.25, -0.2) is 4.98 Å². The average molecular weight is 428 g/mol. The molecule has 148 valence electrons. The quantitative estimate of drug-likeness (QED) is 0.554. The fourth-order valence-corrected chi connectivity index (χ4v) is 4.36. The van der Waals surface area contributed by atoms with Gasteiger partial charge in [-0.3, -0.25) is 4.79 Å². The molecule has 2 N–H and O–H groups in total. The number of aliphatic hydroxyl groups is 1. The summed E-state index contributed by atoms with van der Waals surface area (Å²) in [6.07, 6.45) is -4.87. The Hall–Kier alpha value is -2.30. The number of fused-ring (bicyclic) bond motifs is 1. The van der Waals surface area contributed by atoms with Gasteiger partial charge in [-0.15, -0.1) is 24.5 Å². The van der Waals surface area contributed by atoms with Gasteiger partial charge in [0.25, 0.3) is 0 Å². The van der Waals surface area contributed by atoms with Crippen LogP contribution >= 0.6 is 23.1 Å². The molecule has 2 aromatic carbocycles. The minimum Gasteiger partial charge on any atom is -0.405 e. The summed E-state index contributed by atoms with van der Waals surface area (Å²) >= 11 is 2.67. The molecular weight excluding hydrogens is 413 g/mol. The summed E-state index contributed by atoms with van der Waals surface area (Å²) in [6.45, 7) is -0.574. The second kappa shape index (κ2) is 8.80. The zero-order valence-corrected chi connectivity index (χ0v) is 15.9. The van der Waals surface area contributed by atoms with Crippen molar-refractivity contribution in [3.63, 3.8) is 0 Å². The number of aliphatic hydroxyl groups excluding tert-OH is 1. The van der Waals surface area contributed by atoms with Gasteiger partial charge in [-0.2, -0.15) is 0 Å². The standard InChI is InChI=1S/C18H15F3N2O3S2/c19-18(20,21)26-14-7-3-1-5-11(14)13(9-24)22-16(25)10-27-17-23-12-6-2-4-8-15(12)28-17/h1-8,13,24H,9-10H2,(H,22,25). The molecule has 0 aliphatic carbocycles. The van der Waals surface area contributed by atoms with E-state index in [0.717, 1.165) is 16.3 Å². The molecule has 0 saturated heterocycles. The molecule has 0 aliphatic heterocycles. The molecular formula is C18H15F3N2O3S2. The van der Waals surface area contributed by atoms with Crippen molar-refractivity contribution in [3.8, 4) is 5.75 Å². The smallest absolute Gasteiger partial charge is 0.405 e. The minimum absolute atomic E-state index is 0.0125. The van der Waals surface area contributed by atoms with Crippen molar-refractivity contribution in [1.29, 1.82) is 0 Å². The Balaban J connectivity index is 1.65. The van der Waals surface area contributed by atoms with Crippen LogP contribution in [0.5, 0.6) is 5.75 Å². The Morgan fingerprint density at radius 2 is 1.93 bits per heavy atom. The van der Waals surface area contributed by atoms with Gasteiger partial charge in [0.2, 0.25) is 5.91 Å². The van der Waals surface area contributed by atoms with Gasteiger partial charge in [0.1, 0.15) is 5.75 Å². The van der Waals surface area contributed by atoms with E-state index in [2.05, 4.69) is 15.0 Å². The first-order chi connectivity index (χ1) is 13.4. The monoisotopic (exact) mass is 428 g/mol. The van der Waals surface area contributed by atoms with Crippen molar-refractivity contribution in [2.45, 2.75) is 16.7 Å². The van der Waals surface area contributed by atoms with E-state index in [1.807, 2.05) is 24.3 Å². The van der Waals surface area contributed by atoms with Crippen LogP contribution in [0.4, 0.5) is 13.2 Å². The SMILES string of the molecule is O=C(CSc1nc2ccccc2s1)NC(CO)c1ccccc1OC(F)(F)F. The summed E-state index contributed by atoms with van der Waals surface area (Å²) in [7, 11) is 0. The highest BCUT2D eigenvalue weighted by atomic mass is 32.2. The summed E-state index contributed by atoms with van der Waals surface area (Å²) in [6, 6.07) is 11.9. The molecule has 0 spiro atoms. The molecule has 1 atom stereocenters. The van der Waals surface area contributed by atoms with Crippen LogP contribution in [0.3, 0.4) is 0 Å². The van der Waals surface area contributed by atoms with Crippen LogP contribution in [0.1, 0.15) is 11.6 Å². The highest BCUT2D eigenvalue weighted by Gasteiger charge is 2.33. The van der Waals surface area contributed by atoms with Crippen molar-refractivity contribution >= 4 is 39.2 Å². The van der Waals surface area contributed by atoms with E-state index in [0.29, 0.717) is 4.34 Å². The molecule has 0 fully saturated rings. The lowest BCUT2D eigenvalue weighted by Gasteiger charge is -2.20. The number of rotatable bonds is 7. The number of hydrogen-bond acceptors (Lipinski definition) is 6. The predicted molar refractivity (Wildman–Crippen MR) is 101 cm³/mol. The van der Waals surface area contributed by atoms with Crippen LogP contribution < -0.4 is 10.1 Å². The largest absolute Gasteiger partial charge is 0.573 e. The molecule has 1 amide bonds. The van der Waals surface area contributed by atoms with Crippen molar-refractivity contribution in [3.05, 3.63) is 54.1 Å². The summed E-state index contributed by atoms with van der Waals surface area (Å²) in [4.78, 5) is 16.6. The zero-order valence-electron chi connectivity index (χ0n) is 14.3. The average Bonchev–Trinajstić information content (AvgIpc) is 3.07. The zero-order chi connectivity index (χ0) is 20.1. The lowest BCUT2D eigenvalue weighted by Crippen LogP contribution is -2.32. The maximum absolute atomic E-state index is 12.6. The first-order valence-electron chi connectivity index (χ1n) is 8.09. The Morgan fingerprint density at radius 1 is 1.21 bits per heavy atom. The number of thioether (sulfide) groups is 1. The van der Waals surface area contributed by atoms with Gasteiger partial charge in [0, 0.05) is 5.56 Å². The number of nitrogens with one attached hydrogen (secondary N) is 1. The number of aromatic nitrogens is 1. The lowest BCUT2D eigenvalue weighted by molar-refractivity contribution is -0.275. The predicted octanol–water partition coefficient (Wildman–Crippen LogP) is 4.14. The molecule has 1 unspecified atom stereocenters. The van der Waals surface area contributed by atoms with E-state index >= 15 is 0 Å². The third kappa shape index (κ3) is 5.37. The molecule has 1 heterocycles. The summed E-state index contributed by atoms with van der Waals surface area (Å²) < 4.78 is 43.4. The first-order valence-corrected chi connectivity index (χ1v) is 9.89. The van der Waals surface area contributed by atoms with Crippen LogP contribution in [0.2, 0.25) is 0 Å². The minimum atomic E-state index is -4.87. The van der Waals surface area contributed by atoms with Crippen LogP contribution in [-0.4, -0.2) is 34.7 Å². The van der Waals surface area contributed by atoms with Crippen molar-refractivity contribution in [1.82, 2.24) is 10.3 Å². The molecule has 1 aromatic heterocycles. The number of benzene rings is 2. The van der Waals surface area contributed by atoms with E-state index in [1.165, 1.54) is 41.3 Å². The molecule has 5 nitrogen and oxygen atoms in total. The summed E-state index contributed by atoms with van der Waals surface area (Å²) in [5.74, 6) is -0.892. The number of nitrogens with zero attached hydrogens (tertiary/aromatic N) is 1. The van der Waals surface area contributed by atoms with E-state index in [9.17, 15) is 23.1 Å². The van der Waals surface area contributed by atoms with Gasteiger partial charge < -0.3 is 15.2 Å². The summed E-state index contributed by atoms with van der Waals surface area (Å²) in [5.41, 5.74) is 0.877. The van der Waals surface area contributed by atoms with E-state index in [1.54, 1.807) is 0 Å². The summed E-state index contributed by atoms with van der Waals surface area (Å²) in [5, 5.41) is 12.1. The fourth-order valence-electron chi connectivity index (χ4n) is 2.48. The molecule has 0 saturated carbocycles. The third-order valence-corrected chi connectivity index (χ3v) is 5.82. The number of carbonyl (C=O) groups is 1. The molecule has 28 heavy (non-hydrogen) atoms. The highest BCUT2D eigenvalue weighted by Crippen LogP contribution is 2.31. The molecule has 0 aliphatic rings. The normalized spacial score (nSPS) is 12.7. The first kappa shape index (κ1) is 20.4. The Labute approximate surface area is 166 Å². The van der Waals surface area contributed by atoms with Crippen LogP contribution in [0.15, 0.2) is 52.9 Å². The van der Waals surface area contributed by atoms with Crippen molar-refractivity contribution in [2.24, 2.45) is 0 Å². The fraction of sp³-hybridized carbons (Fsp3) is 0.222. The number of hydrogen-bond donors (Lipinski definition) is 2. The van der Waals surface area contributed by atoms with Gasteiger partial charge >= 0.3 is 6.36 Å². The Kier molecular flexibility index (Phi) is 6.42. The maximum Gasteiger partial charge on any atom is 0.573 e. The number of alkyl halides is 3. The second-order valence-corrected chi connectivity index (χ2v) is 7.88. The van der Waals surface area contributed by atoms with Crippen molar-refractivity contribution in [2.75, 3.05) is 12.4 Å². The van der Waals surface area contributed by atoms with Crippen LogP contribution in [-0.2, 0) is 4.79 Å². The van der Waals surface area contributed by atoms with E-state index < -0.39 is 30.7 Å².